The van der Waals surface area contributed by atoms with Crippen molar-refractivity contribution >= 4 is 16.8 Å². The number of hydrogen-bond acceptors (Lipinski definition) is 4. The first kappa shape index (κ1) is 16.6. The topological polar surface area (TPSA) is 75.0 Å². The summed E-state index contributed by atoms with van der Waals surface area (Å²) in [5, 5.41) is 7.61. The van der Waals surface area contributed by atoms with Gasteiger partial charge in [-0.25, -0.2) is 0 Å². The van der Waals surface area contributed by atoms with Crippen LogP contribution in [0.25, 0.3) is 10.9 Å². The van der Waals surface area contributed by atoms with Crippen LogP contribution >= 0.6 is 0 Å². The molecule has 1 aliphatic rings. The van der Waals surface area contributed by atoms with Gasteiger partial charge in [-0.3, -0.25) is 4.79 Å². The van der Waals surface area contributed by atoms with Crippen LogP contribution in [0.5, 0.6) is 0 Å². The minimum Gasteiger partial charge on any atom is -0.417 e. The highest BCUT2D eigenvalue weighted by molar-refractivity contribution is 5.98. The number of carbonyl (C=O) groups is 1. The number of rotatable bonds is 2. The Morgan fingerprint density at radius 1 is 1.19 bits per heavy atom. The van der Waals surface area contributed by atoms with Gasteiger partial charge in [0.2, 0.25) is 5.89 Å². The minimum atomic E-state index is -4.64. The molecular weight excluding hydrogens is 349 g/mol. The van der Waals surface area contributed by atoms with Crippen LogP contribution in [-0.2, 0) is 6.18 Å². The third-order valence-corrected chi connectivity index (χ3v) is 4.62. The highest BCUT2D eigenvalue weighted by Crippen LogP contribution is 2.32. The number of fused-ring (bicyclic) bond motifs is 1. The van der Waals surface area contributed by atoms with E-state index in [1.807, 2.05) is 18.3 Å². The maximum absolute atomic E-state index is 12.7. The van der Waals surface area contributed by atoms with Gasteiger partial charge >= 0.3 is 12.1 Å². The van der Waals surface area contributed by atoms with Crippen LogP contribution in [0.1, 0.15) is 40.9 Å². The van der Waals surface area contributed by atoms with Crippen molar-refractivity contribution in [2.75, 3.05) is 13.1 Å². The summed E-state index contributed by atoms with van der Waals surface area (Å²) in [4.78, 5) is 17.4. The standard InChI is InChI=1S/C17H15F3N4O2/c18-17(19,20)16-23-22-14(26-16)11-4-7-24(8-5-11)15(25)12-2-1-10-3-6-21-13(10)9-12/h1-3,6,9,11,21H,4-5,7-8H2. The number of likely N-dealkylation sites (tertiary alicyclic amines) is 1. The molecule has 0 aliphatic carbocycles. The Balaban J connectivity index is 1.42. The Kier molecular flexibility index (Phi) is 3.93. The number of alkyl halides is 3. The van der Waals surface area contributed by atoms with Gasteiger partial charge in [0.25, 0.3) is 5.91 Å². The van der Waals surface area contributed by atoms with Crippen molar-refractivity contribution in [3.05, 3.63) is 47.8 Å². The summed E-state index contributed by atoms with van der Waals surface area (Å²) < 4.78 is 42.4. The number of nitrogens with one attached hydrogen (secondary N) is 1. The first-order chi connectivity index (χ1) is 12.4. The van der Waals surface area contributed by atoms with Gasteiger partial charge in [0.05, 0.1) is 0 Å². The normalized spacial score (nSPS) is 16.3. The van der Waals surface area contributed by atoms with E-state index >= 15 is 0 Å². The van der Waals surface area contributed by atoms with Gasteiger partial charge in [-0.15, -0.1) is 10.2 Å². The SMILES string of the molecule is O=C(c1ccc2cc[nH]c2c1)N1CCC(c2nnc(C(F)(F)F)o2)CC1. The molecule has 1 amide bonds. The molecule has 136 valence electrons. The van der Waals surface area contributed by atoms with E-state index in [-0.39, 0.29) is 17.7 Å². The van der Waals surface area contributed by atoms with Gasteiger partial charge in [0.1, 0.15) is 0 Å². The summed E-state index contributed by atoms with van der Waals surface area (Å²) in [6.07, 6.45) is -1.87. The average Bonchev–Trinajstić information content (AvgIpc) is 3.29. The maximum Gasteiger partial charge on any atom is 0.470 e. The largest absolute Gasteiger partial charge is 0.470 e. The molecule has 3 aromatic rings. The molecule has 1 N–H and O–H groups in total. The number of amides is 1. The second-order valence-electron chi connectivity index (χ2n) is 6.29. The summed E-state index contributed by atoms with van der Waals surface area (Å²) in [7, 11) is 0. The van der Waals surface area contributed by atoms with E-state index in [2.05, 4.69) is 15.2 Å². The number of halogens is 3. The van der Waals surface area contributed by atoms with Gasteiger partial charge in [-0.2, -0.15) is 13.2 Å². The van der Waals surface area contributed by atoms with Crippen molar-refractivity contribution in [2.24, 2.45) is 0 Å². The molecule has 3 heterocycles. The zero-order valence-electron chi connectivity index (χ0n) is 13.6. The number of aromatic amines is 1. The van der Waals surface area contributed by atoms with Gasteiger partial charge in [0.15, 0.2) is 0 Å². The number of nitrogens with zero attached hydrogens (tertiary/aromatic N) is 3. The lowest BCUT2D eigenvalue weighted by Crippen LogP contribution is -2.38. The van der Waals surface area contributed by atoms with Crippen molar-refractivity contribution in [2.45, 2.75) is 24.9 Å². The quantitative estimate of drug-likeness (QED) is 0.754. The van der Waals surface area contributed by atoms with Crippen molar-refractivity contribution in [3.8, 4) is 0 Å². The van der Waals surface area contributed by atoms with E-state index < -0.39 is 12.1 Å². The molecule has 4 rings (SSSR count). The number of H-pyrrole nitrogens is 1. The molecule has 0 saturated carbocycles. The molecular formula is C17H15F3N4O2. The van der Waals surface area contributed by atoms with Gasteiger partial charge < -0.3 is 14.3 Å². The Bertz CT molecular complexity index is 939. The van der Waals surface area contributed by atoms with E-state index in [1.165, 1.54) is 0 Å². The van der Waals surface area contributed by atoms with Crippen LogP contribution in [0.2, 0.25) is 0 Å². The van der Waals surface area contributed by atoms with Gasteiger partial charge in [-0.05, 0) is 36.4 Å². The lowest BCUT2D eigenvalue weighted by Gasteiger charge is -2.30. The molecule has 1 saturated heterocycles. The molecule has 9 heteroatoms. The first-order valence-corrected chi connectivity index (χ1v) is 8.19. The number of aromatic nitrogens is 3. The van der Waals surface area contributed by atoms with Crippen molar-refractivity contribution in [3.63, 3.8) is 0 Å². The molecule has 2 aromatic heterocycles. The van der Waals surface area contributed by atoms with Crippen LogP contribution < -0.4 is 0 Å². The van der Waals surface area contributed by atoms with Crippen LogP contribution in [0.15, 0.2) is 34.9 Å². The molecule has 1 aromatic carbocycles. The summed E-state index contributed by atoms with van der Waals surface area (Å²) in [5.74, 6) is -1.71. The zero-order valence-corrected chi connectivity index (χ0v) is 13.6. The van der Waals surface area contributed by atoms with E-state index in [0.29, 0.717) is 31.5 Å². The van der Waals surface area contributed by atoms with Crippen molar-refractivity contribution < 1.29 is 22.4 Å². The van der Waals surface area contributed by atoms with E-state index in [4.69, 9.17) is 4.42 Å². The Morgan fingerprint density at radius 2 is 1.96 bits per heavy atom. The first-order valence-electron chi connectivity index (χ1n) is 8.19. The number of benzene rings is 1. The molecule has 0 unspecified atom stereocenters. The van der Waals surface area contributed by atoms with Crippen molar-refractivity contribution in [1.82, 2.24) is 20.1 Å². The molecule has 0 radical (unpaired) electrons. The molecule has 26 heavy (non-hydrogen) atoms. The maximum atomic E-state index is 12.7. The molecule has 1 fully saturated rings. The molecule has 0 atom stereocenters. The van der Waals surface area contributed by atoms with Crippen LogP contribution in [0.4, 0.5) is 13.2 Å². The van der Waals surface area contributed by atoms with Crippen LogP contribution in [0.3, 0.4) is 0 Å². The highest BCUT2D eigenvalue weighted by atomic mass is 19.4. The molecule has 0 spiro atoms. The second kappa shape index (κ2) is 6.15. The predicted octanol–water partition coefficient (Wildman–Crippen LogP) is 3.59. The Labute approximate surface area is 146 Å². The number of carbonyl (C=O) groups excluding carboxylic acids is 1. The van der Waals surface area contributed by atoms with Gasteiger partial charge in [-0.1, -0.05) is 6.07 Å². The van der Waals surface area contributed by atoms with E-state index in [1.54, 1.807) is 17.0 Å². The van der Waals surface area contributed by atoms with Gasteiger partial charge in [0, 0.05) is 36.3 Å². The summed E-state index contributed by atoms with van der Waals surface area (Å²) in [5.41, 5.74) is 1.46. The fraction of sp³-hybridized carbons (Fsp3) is 0.353. The smallest absolute Gasteiger partial charge is 0.417 e. The zero-order chi connectivity index (χ0) is 18.3. The van der Waals surface area contributed by atoms with Crippen LogP contribution in [-0.4, -0.2) is 39.1 Å². The Hall–Kier alpha value is -2.84. The summed E-state index contributed by atoms with van der Waals surface area (Å²) in [6, 6.07) is 7.38. The minimum absolute atomic E-state index is 0.0165. The molecule has 6 nitrogen and oxygen atoms in total. The van der Waals surface area contributed by atoms with Crippen LogP contribution in [0, 0.1) is 0 Å². The monoisotopic (exact) mass is 364 g/mol. The summed E-state index contributed by atoms with van der Waals surface area (Å²) >= 11 is 0. The van der Waals surface area contributed by atoms with E-state index in [0.717, 1.165) is 10.9 Å². The number of piperidine rings is 1. The third kappa shape index (κ3) is 3.04. The fourth-order valence-corrected chi connectivity index (χ4v) is 3.21. The third-order valence-electron chi connectivity index (χ3n) is 4.62. The second-order valence-corrected chi connectivity index (χ2v) is 6.29. The predicted molar refractivity (Wildman–Crippen MR) is 85.5 cm³/mol. The van der Waals surface area contributed by atoms with Crippen molar-refractivity contribution in [1.29, 1.82) is 0 Å². The molecule has 1 aliphatic heterocycles. The highest BCUT2D eigenvalue weighted by Gasteiger charge is 2.39. The lowest BCUT2D eigenvalue weighted by molar-refractivity contribution is -0.157. The fourth-order valence-electron chi connectivity index (χ4n) is 3.21. The average molecular weight is 364 g/mol. The number of hydrogen-bond donors (Lipinski definition) is 1. The molecule has 0 bridgehead atoms. The Morgan fingerprint density at radius 3 is 2.65 bits per heavy atom. The lowest BCUT2D eigenvalue weighted by atomic mass is 9.96. The van der Waals surface area contributed by atoms with E-state index in [9.17, 15) is 18.0 Å². The summed E-state index contributed by atoms with van der Waals surface area (Å²) in [6.45, 7) is 0.853.